The second kappa shape index (κ2) is 8.92. The lowest BCUT2D eigenvalue weighted by Gasteiger charge is -2.27. The van der Waals surface area contributed by atoms with Crippen LogP contribution in [0.5, 0.6) is 0 Å². The lowest BCUT2D eigenvalue weighted by atomic mass is 9.89. The van der Waals surface area contributed by atoms with Gasteiger partial charge in [-0.3, -0.25) is 0 Å². The van der Waals surface area contributed by atoms with Crippen LogP contribution in [-0.4, -0.2) is 25.8 Å². The van der Waals surface area contributed by atoms with Crippen molar-refractivity contribution < 1.29 is 4.74 Å². The molecule has 0 aromatic carbocycles. The van der Waals surface area contributed by atoms with Gasteiger partial charge in [-0.05, 0) is 51.1 Å². The van der Waals surface area contributed by atoms with Crippen molar-refractivity contribution >= 4 is 0 Å². The molecule has 1 aliphatic carbocycles. The van der Waals surface area contributed by atoms with Crippen LogP contribution in [-0.2, 0) is 4.74 Å². The highest BCUT2D eigenvalue weighted by Gasteiger charge is 2.22. The first-order chi connectivity index (χ1) is 8.97. The van der Waals surface area contributed by atoms with Crippen LogP contribution in [0, 0.1) is 5.92 Å². The Morgan fingerprint density at radius 1 is 0.667 bits per heavy atom. The van der Waals surface area contributed by atoms with Crippen LogP contribution in [0.15, 0.2) is 0 Å². The van der Waals surface area contributed by atoms with Gasteiger partial charge in [0.1, 0.15) is 0 Å². The average Bonchev–Trinajstić information content (AvgIpc) is 2.61. The molecule has 1 unspecified atom stereocenters. The third-order valence-corrected chi connectivity index (χ3v) is 4.61. The summed E-state index contributed by atoms with van der Waals surface area (Å²) in [4.78, 5) is 0. The third-order valence-electron chi connectivity index (χ3n) is 4.61. The Labute approximate surface area is 113 Å². The van der Waals surface area contributed by atoms with Gasteiger partial charge in [0.2, 0.25) is 0 Å². The Balaban J connectivity index is 1.83. The lowest BCUT2D eigenvalue weighted by molar-refractivity contribution is 0.00184. The van der Waals surface area contributed by atoms with Gasteiger partial charge in [0.05, 0.1) is 6.10 Å². The van der Waals surface area contributed by atoms with E-state index < -0.39 is 0 Å². The highest BCUT2D eigenvalue weighted by molar-refractivity contribution is 4.74. The molecule has 0 aromatic heterocycles. The van der Waals surface area contributed by atoms with Crippen molar-refractivity contribution in [3.8, 4) is 0 Å². The van der Waals surface area contributed by atoms with Crippen LogP contribution >= 0.6 is 0 Å². The molecule has 1 saturated carbocycles. The van der Waals surface area contributed by atoms with Gasteiger partial charge >= 0.3 is 0 Å². The van der Waals surface area contributed by atoms with Gasteiger partial charge in [-0.1, -0.05) is 38.5 Å². The van der Waals surface area contributed by atoms with E-state index in [1.165, 1.54) is 77.2 Å². The van der Waals surface area contributed by atoms with Crippen LogP contribution < -0.4 is 5.32 Å². The minimum absolute atomic E-state index is 0.536. The number of nitrogens with one attached hydrogen (secondary N) is 1. The molecule has 2 aliphatic rings. The molecule has 1 heterocycles. The van der Waals surface area contributed by atoms with Crippen molar-refractivity contribution in [2.24, 2.45) is 5.92 Å². The van der Waals surface area contributed by atoms with Gasteiger partial charge in [-0.25, -0.2) is 0 Å². The lowest BCUT2D eigenvalue weighted by Crippen LogP contribution is -2.28. The van der Waals surface area contributed by atoms with Crippen molar-refractivity contribution in [2.45, 2.75) is 76.7 Å². The van der Waals surface area contributed by atoms with Gasteiger partial charge in [0.15, 0.2) is 0 Å². The fraction of sp³-hybridized carbons (Fsp3) is 1.00. The van der Waals surface area contributed by atoms with Crippen LogP contribution in [0.25, 0.3) is 0 Å². The first kappa shape index (κ1) is 14.3. The summed E-state index contributed by atoms with van der Waals surface area (Å²) in [5.41, 5.74) is 0. The van der Waals surface area contributed by atoms with Gasteiger partial charge in [0, 0.05) is 6.61 Å². The van der Waals surface area contributed by atoms with Gasteiger partial charge in [-0.2, -0.15) is 0 Å². The van der Waals surface area contributed by atoms with Crippen molar-refractivity contribution in [1.82, 2.24) is 5.32 Å². The van der Waals surface area contributed by atoms with E-state index in [0.717, 1.165) is 19.1 Å². The van der Waals surface area contributed by atoms with E-state index in [1.807, 2.05) is 0 Å². The van der Waals surface area contributed by atoms with Gasteiger partial charge < -0.3 is 10.1 Å². The number of hydrogen-bond acceptors (Lipinski definition) is 2. The molecule has 2 heteroatoms. The number of hydrogen-bond donors (Lipinski definition) is 1. The summed E-state index contributed by atoms with van der Waals surface area (Å²) >= 11 is 0. The smallest absolute Gasteiger partial charge is 0.0615 e. The predicted molar refractivity (Wildman–Crippen MR) is 76.9 cm³/mol. The van der Waals surface area contributed by atoms with E-state index >= 15 is 0 Å². The third kappa shape index (κ3) is 5.27. The second-order valence-electron chi connectivity index (χ2n) is 6.11. The van der Waals surface area contributed by atoms with Gasteiger partial charge in [-0.15, -0.1) is 0 Å². The summed E-state index contributed by atoms with van der Waals surface area (Å²) in [6.45, 7) is 3.32. The summed E-state index contributed by atoms with van der Waals surface area (Å²) in [5.74, 6) is 0.836. The van der Waals surface area contributed by atoms with Crippen molar-refractivity contribution in [3.05, 3.63) is 0 Å². The second-order valence-corrected chi connectivity index (χ2v) is 6.11. The molecule has 1 N–H and O–H groups in total. The Kier molecular flexibility index (Phi) is 7.11. The fourth-order valence-electron chi connectivity index (χ4n) is 3.45. The van der Waals surface area contributed by atoms with Crippen LogP contribution in [0.1, 0.15) is 70.6 Å². The summed E-state index contributed by atoms with van der Waals surface area (Å²) in [5, 5.41) is 3.56. The van der Waals surface area contributed by atoms with Gasteiger partial charge in [0.25, 0.3) is 0 Å². The molecule has 1 saturated heterocycles. The zero-order chi connectivity index (χ0) is 12.5. The highest BCUT2D eigenvalue weighted by atomic mass is 16.5. The van der Waals surface area contributed by atoms with E-state index in [9.17, 15) is 0 Å². The summed E-state index contributed by atoms with van der Waals surface area (Å²) < 4.78 is 6.20. The Morgan fingerprint density at radius 2 is 1.39 bits per heavy atom. The fourth-order valence-corrected chi connectivity index (χ4v) is 3.45. The molecule has 0 bridgehead atoms. The van der Waals surface area contributed by atoms with E-state index in [1.54, 1.807) is 0 Å². The highest BCUT2D eigenvalue weighted by Crippen LogP contribution is 2.27. The topological polar surface area (TPSA) is 21.3 Å². The normalized spacial score (nSPS) is 30.3. The maximum atomic E-state index is 6.20. The molecule has 2 rings (SSSR count). The molecule has 1 aliphatic heterocycles. The molecule has 2 fully saturated rings. The van der Waals surface area contributed by atoms with Crippen molar-refractivity contribution in [1.29, 1.82) is 0 Å². The SMILES string of the molecule is C1CCCCC(C2CCNCCCCO2)CCC1. The van der Waals surface area contributed by atoms with Crippen LogP contribution in [0.2, 0.25) is 0 Å². The minimum atomic E-state index is 0.536. The minimum Gasteiger partial charge on any atom is -0.378 e. The molecule has 18 heavy (non-hydrogen) atoms. The van der Waals surface area contributed by atoms with E-state index in [-0.39, 0.29) is 0 Å². The van der Waals surface area contributed by atoms with E-state index in [2.05, 4.69) is 5.32 Å². The Hall–Kier alpha value is -0.0800. The van der Waals surface area contributed by atoms with Crippen LogP contribution in [0.4, 0.5) is 0 Å². The molecule has 2 nitrogen and oxygen atoms in total. The predicted octanol–water partition coefficient (Wildman–Crippen LogP) is 3.90. The Bertz CT molecular complexity index is 165. The van der Waals surface area contributed by atoms with Crippen molar-refractivity contribution in [2.75, 3.05) is 19.7 Å². The van der Waals surface area contributed by atoms with Crippen molar-refractivity contribution in [3.63, 3.8) is 0 Å². The number of rotatable bonds is 1. The molecule has 0 amide bonds. The molecular formula is C16H31NO. The summed E-state index contributed by atoms with van der Waals surface area (Å²) in [6, 6.07) is 0. The monoisotopic (exact) mass is 253 g/mol. The zero-order valence-corrected chi connectivity index (χ0v) is 12.0. The standard InChI is InChI=1S/C16H31NO/c1-2-4-6-10-15(9-5-3-1)16-11-13-17-12-7-8-14-18-16/h15-17H,1-14H2. The quantitative estimate of drug-likeness (QED) is 0.765. The first-order valence-corrected chi connectivity index (χ1v) is 8.29. The average molecular weight is 253 g/mol. The summed E-state index contributed by atoms with van der Waals surface area (Å²) in [6.07, 6.45) is 15.8. The molecule has 0 spiro atoms. The maximum absolute atomic E-state index is 6.20. The zero-order valence-electron chi connectivity index (χ0n) is 12.0. The molecule has 1 atom stereocenters. The number of ether oxygens (including phenoxy) is 1. The van der Waals surface area contributed by atoms with E-state index in [4.69, 9.17) is 4.74 Å². The molecule has 0 radical (unpaired) electrons. The molecule has 0 aromatic rings. The molecular weight excluding hydrogens is 222 g/mol. The Morgan fingerprint density at radius 3 is 2.17 bits per heavy atom. The van der Waals surface area contributed by atoms with E-state index in [0.29, 0.717) is 6.10 Å². The largest absolute Gasteiger partial charge is 0.378 e. The maximum Gasteiger partial charge on any atom is 0.0615 e. The molecule has 106 valence electrons. The summed E-state index contributed by atoms with van der Waals surface area (Å²) in [7, 11) is 0. The first-order valence-electron chi connectivity index (χ1n) is 8.29. The van der Waals surface area contributed by atoms with Crippen LogP contribution in [0.3, 0.4) is 0 Å².